The molecule has 2 bridgehead atoms. The first-order valence-electron chi connectivity index (χ1n) is 8.96. The minimum Gasteiger partial charge on any atom is -0.376 e. The van der Waals surface area contributed by atoms with Gasteiger partial charge in [0.25, 0.3) is 0 Å². The van der Waals surface area contributed by atoms with Crippen molar-refractivity contribution in [3.8, 4) is 0 Å². The maximum Gasteiger partial charge on any atom is 0.243 e. The highest BCUT2D eigenvalue weighted by Gasteiger charge is 2.67. The van der Waals surface area contributed by atoms with Gasteiger partial charge in [0.2, 0.25) is 17.7 Å². The first kappa shape index (κ1) is 17.9. The van der Waals surface area contributed by atoms with E-state index in [1.54, 1.807) is 6.92 Å². The molecule has 8 heteroatoms. The Bertz CT molecular complexity index is 577. The number of rotatable bonds is 4. The number of ether oxygens (including phenoxy) is 1. The quantitative estimate of drug-likeness (QED) is 0.491. The van der Waals surface area contributed by atoms with E-state index in [0.29, 0.717) is 6.54 Å². The van der Waals surface area contributed by atoms with Crippen LogP contribution >= 0.6 is 31.9 Å². The highest BCUT2D eigenvalue weighted by molar-refractivity contribution is 9.12. The number of amides is 3. The van der Waals surface area contributed by atoms with Gasteiger partial charge in [-0.2, -0.15) is 0 Å². The molecule has 138 valence electrons. The Labute approximate surface area is 163 Å². The Morgan fingerprint density at radius 3 is 2.36 bits per heavy atom. The molecule has 0 aromatic rings. The molecule has 0 radical (unpaired) electrons. The maximum atomic E-state index is 12.9. The van der Waals surface area contributed by atoms with Crippen molar-refractivity contribution in [2.24, 2.45) is 23.7 Å². The van der Waals surface area contributed by atoms with Crippen LogP contribution in [-0.2, 0) is 19.1 Å². The highest BCUT2D eigenvalue weighted by Crippen LogP contribution is 2.60. The van der Waals surface area contributed by atoms with Crippen molar-refractivity contribution in [2.45, 2.75) is 48.0 Å². The standard InChI is InChI=1S/C17H22Br2N2O4/c1-7(15(22)20-6-8-3-2-4-25-8)21-16(23)11-9-5-10(12(11)17(21)24)14(19)13(9)18/h7-14H,2-6H2,1H3,(H,20,22)/t7-,8-,9-,10+,11-,12+,13+,14-/m0/s1. The number of halogens is 2. The largest absolute Gasteiger partial charge is 0.376 e. The number of alkyl halides is 2. The lowest BCUT2D eigenvalue weighted by Gasteiger charge is -2.28. The van der Waals surface area contributed by atoms with Crippen LogP contribution in [-0.4, -0.2) is 57.6 Å². The van der Waals surface area contributed by atoms with Crippen LogP contribution in [0.2, 0.25) is 0 Å². The summed E-state index contributed by atoms with van der Waals surface area (Å²) in [6, 6.07) is -0.769. The molecule has 0 aromatic carbocycles. The number of carbonyl (C=O) groups excluding carboxylic acids is 3. The van der Waals surface area contributed by atoms with E-state index in [1.165, 1.54) is 4.90 Å². The molecule has 2 aliphatic carbocycles. The Kier molecular flexibility index (Phi) is 4.73. The molecular weight excluding hydrogens is 456 g/mol. The molecule has 0 aromatic heterocycles. The minimum atomic E-state index is -0.769. The molecule has 4 fully saturated rings. The first-order chi connectivity index (χ1) is 11.9. The van der Waals surface area contributed by atoms with E-state index >= 15 is 0 Å². The molecule has 3 amide bonds. The molecular formula is C17H22Br2N2O4. The number of hydrogen-bond acceptors (Lipinski definition) is 4. The number of nitrogens with one attached hydrogen (secondary N) is 1. The van der Waals surface area contributed by atoms with Crippen LogP contribution in [0.5, 0.6) is 0 Å². The molecule has 0 unspecified atom stereocenters. The van der Waals surface area contributed by atoms with E-state index in [1.807, 2.05) is 0 Å². The summed E-state index contributed by atoms with van der Waals surface area (Å²) in [6.07, 6.45) is 2.88. The number of imide groups is 1. The summed E-state index contributed by atoms with van der Waals surface area (Å²) < 4.78 is 5.50. The summed E-state index contributed by atoms with van der Waals surface area (Å²) in [5.41, 5.74) is 0. The SMILES string of the molecule is C[C@@H](C(=O)NC[C@@H]1CCCO1)N1C(=O)[C@@H]2[C@H]3C[C@H]([C@@H](Br)[C@H]3Br)[C@@H]2C1=O. The van der Waals surface area contributed by atoms with Crippen LogP contribution in [0.1, 0.15) is 26.2 Å². The Hall–Kier alpha value is -0.470. The van der Waals surface area contributed by atoms with E-state index in [2.05, 4.69) is 37.2 Å². The van der Waals surface area contributed by atoms with Crippen molar-refractivity contribution in [1.29, 1.82) is 0 Å². The number of likely N-dealkylation sites (tertiary alicyclic amines) is 1. The third-order valence-electron chi connectivity index (χ3n) is 6.32. The average molecular weight is 478 g/mol. The average Bonchev–Trinajstić information content (AvgIpc) is 3.33. The molecule has 1 N–H and O–H groups in total. The van der Waals surface area contributed by atoms with E-state index in [-0.39, 0.29) is 57.2 Å². The predicted molar refractivity (Wildman–Crippen MR) is 97.3 cm³/mol. The summed E-state index contributed by atoms with van der Waals surface area (Å²) in [7, 11) is 0. The second-order valence-corrected chi connectivity index (χ2v) is 9.72. The number of carbonyl (C=O) groups is 3. The van der Waals surface area contributed by atoms with Crippen molar-refractivity contribution in [3.63, 3.8) is 0 Å². The monoisotopic (exact) mass is 476 g/mol. The molecule has 25 heavy (non-hydrogen) atoms. The van der Waals surface area contributed by atoms with Crippen molar-refractivity contribution < 1.29 is 19.1 Å². The molecule has 2 heterocycles. The summed E-state index contributed by atoms with van der Waals surface area (Å²) in [4.78, 5) is 39.9. The van der Waals surface area contributed by atoms with Gasteiger partial charge in [-0.15, -0.1) is 0 Å². The van der Waals surface area contributed by atoms with Gasteiger partial charge in [0, 0.05) is 22.8 Å². The van der Waals surface area contributed by atoms with Gasteiger partial charge < -0.3 is 10.1 Å². The molecule has 0 spiro atoms. The fourth-order valence-corrected chi connectivity index (χ4v) is 6.91. The zero-order valence-electron chi connectivity index (χ0n) is 14.0. The summed E-state index contributed by atoms with van der Waals surface area (Å²) >= 11 is 7.34. The van der Waals surface area contributed by atoms with E-state index in [0.717, 1.165) is 25.9 Å². The van der Waals surface area contributed by atoms with Gasteiger partial charge in [-0.3, -0.25) is 19.3 Å². The third-order valence-corrected chi connectivity index (χ3v) is 9.52. The van der Waals surface area contributed by atoms with Crippen LogP contribution in [0.4, 0.5) is 0 Å². The first-order valence-corrected chi connectivity index (χ1v) is 10.8. The summed E-state index contributed by atoms with van der Waals surface area (Å²) in [5, 5.41) is 2.84. The highest BCUT2D eigenvalue weighted by atomic mass is 79.9. The molecule has 4 rings (SSSR count). The number of hydrogen-bond donors (Lipinski definition) is 1. The van der Waals surface area contributed by atoms with Gasteiger partial charge >= 0.3 is 0 Å². The second kappa shape index (κ2) is 6.60. The molecule has 4 aliphatic rings. The minimum absolute atomic E-state index is 0.0414. The van der Waals surface area contributed by atoms with Gasteiger partial charge in [0.05, 0.1) is 17.9 Å². The third kappa shape index (κ3) is 2.70. The van der Waals surface area contributed by atoms with Crippen molar-refractivity contribution in [3.05, 3.63) is 0 Å². The van der Waals surface area contributed by atoms with Crippen LogP contribution < -0.4 is 5.32 Å². The van der Waals surface area contributed by atoms with Crippen LogP contribution in [0, 0.1) is 23.7 Å². The molecule has 6 nitrogen and oxygen atoms in total. The lowest BCUT2D eigenvalue weighted by molar-refractivity contribution is -0.148. The lowest BCUT2D eigenvalue weighted by Crippen LogP contribution is -2.50. The van der Waals surface area contributed by atoms with E-state index in [9.17, 15) is 14.4 Å². The van der Waals surface area contributed by atoms with E-state index < -0.39 is 6.04 Å². The Morgan fingerprint density at radius 1 is 1.24 bits per heavy atom. The topological polar surface area (TPSA) is 75.7 Å². The van der Waals surface area contributed by atoms with Crippen LogP contribution in [0.25, 0.3) is 0 Å². The van der Waals surface area contributed by atoms with Crippen molar-refractivity contribution in [1.82, 2.24) is 10.2 Å². The zero-order chi connectivity index (χ0) is 17.9. The van der Waals surface area contributed by atoms with Gasteiger partial charge in [-0.25, -0.2) is 0 Å². The normalized spacial score (nSPS) is 43.6. The van der Waals surface area contributed by atoms with Crippen LogP contribution in [0.15, 0.2) is 0 Å². The zero-order valence-corrected chi connectivity index (χ0v) is 17.2. The molecule has 8 atom stereocenters. The van der Waals surface area contributed by atoms with E-state index in [4.69, 9.17) is 4.74 Å². The predicted octanol–water partition coefficient (Wildman–Crippen LogP) is 1.45. The Morgan fingerprint density at radius 2 is 1.84 bits per heavy atom. The molecule has 2 saturated carbocycles. The van der Waals surface area contributed by atoms with Crippen molar-refractivity contribution in [2.75, 3.05) is 13.2 Å². The smallest absolute Gasteiger partial charge is 0.243 e. The lowest BCUT2D eigenvalue weighted by atomic mass is 9.81. The number of nitrogens with zero attached hydrogens (tertiary/aromatic N) is 1. The van der Waals surface area contributed by atoms with Gasteiger partial charge in [0.1, 0.15) is 6.04 Å². The molecule has 2 saturated heterocycles. The fraction of sp³-hybridized carbons (Fsp3) is 0.824. The fourth-order valence-electron chi connectivity index (χ4n) is 5.04. The van der Waals surface area contributed by atoms with Gasteiger partial charge in [0.15, 0.2) is 0 Å². The van der Waals surface area contributed by atoms with Crippen molar-refractivity contribution >= 4 is 49.6 Å². The van der Waals surface area contributed by atoms with Gasteiger partial charge in [-0.05, 0) is 38.0 Å². The van der Waals surface area contributed by atoms with Crippen LogP contribution in [0.3, 0.4) is 0 Å². The summed E-state index contributed by atoms with van der Waals surface area (Å²) in [6.45, 7) is 2.80. The maximum absolute atomic E-state index is 12.9. The summed E-state index contributed by atoms with van der Waals surface area (Å²) in [5.74, 6) is -0.841. The van der Waals surface area contributed by atoms with Gasteiger partial charge in [-0.1, -0.05) is 31.9 Å². The molecule has 2 aliphatic heterocycles. The Balaban J connectivity index is 1.45. The second-order valence-electron chi connectivity index (χ2n) is 7.61. The number of fused-ring (bicyclic) bond motifs is 5.